The van der Waals surface area contributed by atoms with Gasteiger partial charge in [-0.05, 0) is 40.8 Å². The number of hydrogen-bond acceptors (Lipinski definition) is 5. The summed E-state index contributed by atoms with van der Waals surface area (Å²) in [4.78, 5) is 40.5. The fraction of sp³-hybridized carbons (Fsp3) is 0.0769. The second-order valence-corrected chi connectivity index (χ2v) is 7.34. The summed E-state index contributed by atoms with van der Waals surface area (Å²) in [5, 5.41) is 13.0. The molecule has 0 radical (unpaired) electrons. The number of rotatable bonds is 7. The summed E-state index contributed by atoms with van der Waals surface area (Å²) in [7, 11) is 0. The summed E-state index contributed by atoms with van der Waals surface area (Å²) in [6.45, 7) is 0.153. The van der Waals surface area contributed by atoms with Gasteiger partial charge in [0.2, 0.25) is 5.78 Å². The van der Waals surface area contributed by atoms with Crippen molar-refractivity contribution in [2.45, 2.75) is 13.0 Å². The van der Waals surface area contributed by atoms with Gasteiger partial charge in [0.05, 0.1) is 6.42 Å². The summed E-state index contributed by atoms with van der Waals surface area (Å²) >= 11 is 0. The molecule has 7 heteroatoms. The number of hydrogen-bond donors (Lipinski definition) is 2. The van der Waals surface area contributed by atoms with E-state index in [1.165, 1.54) is 6.20 Å². The van der Waals surface area contributed by atoms with E-state index in [9.17, 15) is 14.4 Å². The molecule has 3 aromatic carbocycles. The number of fused-ring (bicyclic) bond motifs is 1. The third-order valence-corrected chi connectivity index (χ3v) is 5.04. The number of nitrogens with zero attached hydrogens (tertiary/aromatic N) is 1. The number of benzene rings is 3. The zero-order chi connectivity index (χ0) is 23.2. The summed E-state index contributed by atoms with van der Waals surface area (Å²) in [6, 6.07) is 22.8. The van der Waals surface area contributed by atoms with Crippen LogP contribution < -0.4 is 5.32 Å². The number of nitrogens with one attached hydrogen (secondary N) is 1. The van der Waals surface area contributed by atoms with Gasteiger partial charge >= 0.3 is 12.1 Å². The Labute approximate surface area is 189 Å². The van der Waals surface area contributed by atoms with Crippen molar-refractivity contribution in [3.05, 3.63) is 107 Å². The lowest BCUT2D eigenvalue weighted by molar-refractivity contribution is -0.136. The van der Waals surface area contributed by atoms with Gasteiger partial charge in [-0.3, -0.25) is 19.9 Å². The quantitative estimate of drug-likeness (QED) is 0.398. The van der Waals surface area contributed by atoms with Gasteiger partial charge in [-0.1, -0.05) is 54.6 Å². The first-order chi connectivity index (χ1) is 16.0. The Kier molecular flexibility index (Phi) is 6.40. The Bertz CT molecular complexity index is 1320. The molecular formula is C26H20N2O5. The highest BCUT2D eigenvalue weighted by atomic mass is 16.5. The van der Waals surface area contributed by atoms with Crippen molar-refractivity contribution < 1.29 is 24.2 Å². The molecule has 0 saturated carbocycles. The molecule has 0 saturated heterocycles. The predicted octanol–water partition coefficient (Wildman–Crippen LogP) is 4.84. The van der Waals surface area contributed by atoms with E-state index in [1.54, 1.807) is 48.5 Å². The molecule has 1 amide bonds. The van der Waals surface area contributed by atoms with Crippen LogP contribution in [0.1, 0.15) is 27.2 Å². The number of ketones is 1. The minimum atomic E-state index is -0.966. The first-order valence-corrected chi connectivity index (χ1v) is 10.2. The Morgan fingerprint density at radius 1 is 0.848 bits per heavy atom. The van der Waals surface area contributed by atoms with Gasteiger partial charge in [-0.15, -0.1) is 0 Å². The van der Waals surface area contributed by atoms with Gasteiger partial charge in [0.15, 0.2) is 0 Å². The molecule has 1 aromatic heterocycles. The maximum absolute atomic E-state index is 13.1. The van der Waals surface area contributed by atoms with E-state index in [4.69, 9.17) is 9.84 Å². The number of carbonyl (C=O) groups excluding carboxylic acids is 2. The number of carbonyl (C=O) groups is 3. The monoisotopic (exact) mass is 440 g/mol. The van der Waals surface area contributed by atoms with Crippen molar-refractivity contribution >= 4 is 34.3 Å². The van der Waals surface area contributed by atoms with Gasteiger partial charge in [-0.2, -0.15) is 0 Å². The molecule has 0 fully saturated rings. The average Bonchev–Trinajstić information content (AvgIpc) is 2.83. The number of aliphatic carboxylic acids is 1. The number of carboxylic acids is 1. The van der Waals surface area contributed by atoms with Gasteiger partial charge < -0.3 is 9.84 Å². The van der Waals surface area contributed by atoms with Crippen molar-refractivity contribution in [2.75, 3.05) is 5.32 Å². The molecule has 0 spiro atoms. The van der Waals surface area contributed by atoms with Crippen LogP contribution in [0.4, 0.5) is 10.5 Å². The second kappa shape index (κ2) is 9.74. The van der Waals surface area contributed by atoms with Crippen molar-refractivity contribution in [2.24, 2.45) is 0 Å². The van der Waals surface area contributed by atoms with Crippen LogP contribution >= 0.6 is 0 Å². The van der Waals surface area contributed by atoms with E-state index in [2.05, 4.69) is 10.3 Å². The van der Waals surface area contributed by atoms with E-state index in [0.717, 1.165) is 5.56 Å². The molecule has 1 heterocycles. The minimum absolute atomic E-state index is 0.153. The molecule has 0 aliphatic carbocycles. The minimum Gasteiger partial charge on any atom is -0.481 e. The van der Waals surface area contributed by atoms with Crippen molar-refractivity contribution in [3.63, 3.8) is 0 Å². The smallest absolute Gasteiger partial charge is 0.411 e. The van der Waals surface area contributed by atoms with E-state index < -0.39 is 12.1 Å². The van der Waals surface area contributed by atoms with Gasteiger partial charge in [-0.25, -0.2) is 4.79 Å². The fourth-order valence-electron chi connectivity index (χ4n) is 3.45. The predicted molar refractivity (Wildman–Crippen MR) is 123 cm³/mol. The molecule has 2 N–H and O–H groups in total. The Morgan fingerprint density at radius 2 is 1.52 bits per heavy atom. The summed E-state index contributed by atoms with van der Waals surface area (Å²) in [6.07, 6.45) is 0.657. The van der Waals surface area contributed by atoms with Crippen LogP contribution in [0.2, 0.25) is 0 Å². The van der Waals surface area contributed by atoms with Crippen LogP contribution in [0.3, 0.4) is 0 Å². The molecular weight excluding hydrogens is 420 g/mol. The molecule has 0 aliphatic heterocycles. The van der Waals surface area contributed by atoms with Gasteiger partial charge in [0.1, 0.15) is 12.3 Å². The molecule has 0 aliphatic rings. The van der Waals surface area contributed by atoms with Crippen molar-refractivity contribution in [3.8, 4) is 0 Å². The number of carboxylic acid groups (broad SMARTS) is 1. The molecule has 4 rings (SSSR count). The largest absolute Gasteiger partial charge is 0.481 e. The highest BCUT2D eigenvalue weighted by Gasteiger charge is 2.17. The lowest BCUT2D eigenvalue weighted by Crippen LogP contribution is -2.13. The highest BCUT2D eigenvalue weighted by molar-refractivity contribution is 6.15. The second-order valence-electron chi connectivity index (χ2n) is 7.34. The fourth-order valence-corrected chi connectivity index (χ4v) is 3.45. The molecule has 0 unspecified atom stereocenters. The number of pyridine rings is 1. The van der Waals surface area contributed by atoms with E-state index in [-0.39, 0.29) is 24.5 Å². The number of anilines is 1. The lowest BCUT2D eigenvalue weighted by atomic mass is 9.98. The molecule has 7 nitrogen and oxygen atoms in total. The van der Waals surface area contributed by atoms with Crippen LogP contribution in [-0.4, -0.2) is 27.9 Å². The average molecular weight is 440 g/mol. The zero-order valence-electron chi connectivity index (χ0n) is 17.5. The first-order valence-electron chi connectivity index (χ1n) is 10.2. The van der Waals surface area contributed by atoms with Gasteiger partial charge in [0, 0.05) is 22.8 Å². The first kappa shape index (κ1) is 21.7. The number of amides is 1. The van der Waals surface area contributed by atoms with Crippen LogP contribution in [-0.2, 0) is 22.6 Å². The van der Waals surface area contributed by atoms with Crippen LogP contribution in [0, 0.1) is 0 Å². The Hall–Kier alpha value is -4.52. The topological polar surface area (TPSA) is 106 Å². The zero-order valence-corrected chi connectivity index (χ0v) is 17.5. The molecule has 164 valence electrons. The Morgan fingerprint density at radius 3 is 2.21 bits per heavy atom. The third kappa shape index (κ3) is 5.22. The van der Waals surface area contributed by atoms with E-state index >= 15 is 0 Å². The Balaban J connectivity index is 1.48. The normalized spacial score (nSPS) is 10.5. The van der Waals surface area contributed by atoms with Crippen molar-refractivity contribution in [1.82, 2.24) is 4.98 Å². The van der Waals surface area contributed by atoms with Gasteiger partial charge in [0.25, 0.3) is 0 Å². The number of aromatic nitrogens is 1. The number of ether oxygens (including phenoxy) is 1. The maximum atomic E-state index is 13.1. The van der Waals surface area contributed by atoms with Crippen LogP contribution in [0.15, 0.2) is 85.1 Å². The summed E-state index contributed by atoms with van der Waals surface area (Å²) < 4.78 is 5.20. The maximum Gasteiger partial charge on any atom is 0.411 e. The lowest BCUT2D eigenvalue weighted by Gasteiger charge is -2.10. The van der Waals surface area contributed by atoms with Crippen LogP contribution in [0.25, 0.3) is 10.8 Å². The SMILES string of the molecule is O=C(O)Cc1cnc(C(=O)c2ccc(NC(=O)OCc3ccccc3)cc2)c2ccccc12. The molecule has 0 bridgehead atoms. The standard InChI is InChI=1S/C26H20N2O5/c29-23(30)14-19-15-27-24(22-9-5-4-8-21(19)22)25(31)18-10-12-20(13-11-18)28-26(32)33-16-17-6-2-1-3-7-17/h1-13,15H,14,16H2,(H,28,32)(H,29,30). The van der Waals surface area contributed by atoms with E-state index in [0.29, 0.717) is 27.6 Å². The highest BCUT2D eigenvalue weighted by Crippen LogP contribution is 2.24. The summed E-state index contributed by atoms with van der Waals surface area (Å²) in [5.41, 5.74) is 2.54. The molecule has 0 atom stereocenters. The molecule has 33 heavy (non-hydrogen) atoms. The summed E-state index contributed by atoms with van der Waals surface area (Å²) in [5.74, 6) is -1.27. The molecule has 4 aromatic rings. The van der Waals surface area contributed by atoms with Crippen molar-refractivity contribution in [1.29, 1.82) is 0 Å². The van der Waals surface area contributed by atoms with Crippen LogP contribution in [0.5, 0.6) is 0 Å². The third-order valence-electron chi connectivity index (χ3n) is 5.04. The van der Waals surface area contributed by atoms with E-state index in [1.807, 2.05) is 30.3 Å².